The molecule has 4 nitrogen and oxygen atoms in total. The summed E-state index contributed by atoms with van der Waals surface area (Å²) in [4.78, 5) is 17.3. The van der Waals surface area contributed by atoms with Crippen molar-refractivity contribution in [1.82, 2.24) is 4.90 Å². The summed E-state index contributed by atoms with van der Waals surface area (Å²) in [7, 11) is 0. The Hall–Kier alpha value is -1.75. The van der Waals surface area contributed by atoms with Crippen LogP contribution >= 0.6 is 23.2 Å². The fourth-order valence-electron chi connectivity index (χ4n) is 4.29. The highest BCUT2D eigenvalue weighted by molar-refractivity contribution is 6.31. The highest BCUT2D eigenvalue weighted by Gasteiger charge is 2.27. The number of nitrogens with two attached hydrogens (primary N) is 1. The van der Waals surface area contributed by atoms with Gasteiger partial charge in [-0.05, 0) is 60.2 Å². The van der Waals surface area contributed by atoms with Crippen molar-refractivity contribution in [2.75, 3.05) is 31.1 Å². The van der Waals surface area contributed by atoms with Crippen molar-refractivity contribution in [3.63, 3.8) is 0 Å². The summed E-state index contributed by atoms with van der Waals surface area (Å²) < 4.78 is 0. The van der Waals surface area contributed by atoms with Crippen molar-refractivity contribution in [2.24, 2.45) is 17.6 Å². The fraction of sp³-hybridized carbons (Fsp3) is 0.480. The van der Waals surface area contributed by atoms with E-state index in [1.807, 2.05) is 48.2 Å². The molecule has 2 N–H and O–H groups in total. The molecule has 1 fully saturated rings. The largest absolute Gasteiger partial charge is 0.368 e. The van der Waals surface area contributed by atoms with Gasteiger partial charge in [-0.25, -0.2) is 0 Å². The molecular weight excluding hydrogens is 429 g/mol. The van der Waals surface area contributed by atoms with Gasteiger partial charge in [0.1, 0.15) is 0 Å². The molecule has 0 saturated carbocycles. The maximum Gasteiger partial charge on any atom is 0.225 e. The van der Waals surface area contributed by atoms with Gasteiger partial charge >= 0.3 is 0 Å². The Balaban J connectivity index is 1.62. The van der Waals surface area contributed by atoms with E-state index in [0.29, 0.717) is 29.1 Å². The smallest absolute Gasteiger partial charge is 0.225 e. The predicted molar refractivity (Wildman–Crippen MR) is 131 cm³/mol. The second-order valence-electron chi connectivity index (χ2n) is 8.98. The molecule has 2 aromatic carbocycles. The van der Waals surface area contributed by atoms with Gasteiger partial charge in [0, 0.05) is 53.9 Å². The first-order valence-electron chi connectivity index (χ1n) is 11.1. The number of benzene rings is 2. The second-order valence-corrected chi connectivity index (χ2v) is 9.86. The van der Waals surface area contributed by atoms with Crippen LogP contribution in [0.5, 0.6) is 0 Å². The highest BCUT2D eigenvalue weighted by atomic mass is 35.5. The zero-order chi connectivity index (χ0) is 22.5. The van der Waals surface area contributed by atoms with E-state index in [-0.39, 0.29) is 17.9 Å². The van der Waals surface area contributed by atoms with Crippen molar-refractivity contribution in [3.8, 4) is 0 Å². The van der Waals surface area contributed by atoms with Gasteiger partial charge in [0.15, 0.2) is 0 Å². The van der Waals surface area contributed by atoms with E-state index in [0.717, 1.165) is 42.7 Å². The van der Waals surface area contributed by atoms with Gasteiger partial charge in [0.05, 0.1) is 0 Å². The van der Waals surface area contributed by atoms with Crippen LogP contribution in [-0.4, -0.2) is 37.0 Å². The third-order valence-corrected chi connectivity index (χ3v) is 6.41. The van der Waals surface area contributed by atoms with Crippen LogP contribution in [0, 0.1) is 11.8 Å². The summed E-state index contributed by atoms with van der Waals surface area (Å²) in [5.41, 5.74) is 9.88. The maximum atomic E-state index is 13.0. The molecule has 0 aliphatic carbocycles. The second kappa shape index (κ2) is 10.7. The summed E-state index contributed by atoms with van der Waals surface area (Å²) in [5, 5.41) is 1.43. The molecule has 1 aliphatic rings. The van der Waals surface area contributed by atoms with Crippen LogP contribution in [0.25, 0.3) is 0 Å². The van der Waals surface area contributed by atoms with Gasteiger partial charge in [-0.1, -0.05) is 56.1 Å². The number of nitrogens with zero attached hydrogens (tertiary/aromatic N) is 2. The number of anilines is 1. The Kier molecular flexibility index (Phi) is 8.26. The number of carbonyl (C=O) groups is 1. The molecular formula is C25H33Cl2N3O. The molecule has 6 heteroatoms. The van der Waals surface area contributed by atoms with E-state index in [4.69, 9.17) is 28.9 Å². The van der Waals surface area contributed by atoms with Crippen molar-refractivity contribution in [3.05, 3.63) is 63.6 Å². The Bertz CT molecular complexity index is 877. The summed E-state index contributed by atoms with van der Waals surface area (Å²) in [6, 6.07) is 13.7. The van der Waals surface area contributed by atoms with Gasteiger partial charge < -0.3 is 15.5 Å². The lowest BCUT2D eigenvalue weighted by Crippen LogP contribution is -2.50. The first-order chi connectivity index (χ1) is 14.7. The van der Waals surface area contributed by atoms with Crippen molar-refractivity contribution >= 4 is 34.8 Å². The van der Waals surface area contributed by atoms with Gasteiger partial charge in [-0.15, -0.1) is 0 Å². The van der Waals surface area contributed by atoms with E-state index in [1.165, 1.54) is 0 Å². The topological polar surface area (TPSA) is 49.6 Å². The monoisotopic (exact) mass is 461 g/mol. The van der Waals surface area contributed by atoms with E-state index in [2.05, 4.69) is 24.8 Å². The number of carbonyl (C=O) groups excluding carboxylic acids is 1. The first kappa shape index (κ1) is 23.9. The molecule has 168 valence electrons. The van der Waals surface area contributed by atoms with Gasteiger partial charge in [0.2, 0.25) is 5.91 Å². The highest BCUT2D eigenvalue weighted by Crippen LogP contribution is 2.32. The quantitative estimate of drug-likeness (QED) is 0.586. The number of amides is 1. The molecule has 1 aliphatic heterocycles. The van der Waals surface area contributed by atoms with Gasteiger partial charge in [-0.2, -0.15) is 0 Å². The number of hydrogen-bond donors (Lipinski definition) is 1. The van der Waals surface area contributed by atoms with E-state index < -0.39 is 0 Å². The number of piperazine rings is 1. The lowest BCUT2D eigenvalue weighted by Gasteiger charge is -2.38. The lowest BCUT2D eigenvalue weighted by atomic mass is 9.95. The Morgan fingerprint density at radius 3 is 2.19 bits per heavy atom. The van der Waals surface area contributed by atoms with Gasteiger partial charge in [0.25, 0.3) is 0 Å². The van der Waals surface area contributed by atoms with Crippen LogP contribution < -0.4 is 10.6 Å². The number of rotatable bonds is 7. The third kappa shape index (κ3) is 6.38. The van der Waals surface area contributed by atoms with Crippen LogP contribution in [0.4, 0.5) is 5.69 Å². The van der Waals surface area contributed by atoms with Crippen LogP contribution in [0.2, 0.25) is 10.0 Å². The van der Waals surface area contributed by atoms with Crippen LogP contribution in [-0.2, 0) is 11.2 Å². The summed E-state index contributed by atoms with van der Waals surface area (Å²) in [5.74, 6) is 0.666. The van der Waals surface area contributed by atoms with Crippen molar-refractivity contribution < 1.29 is 4.79 Å². The third-order valence-electron chi connectivity index (χ3n) is 5.92. The zero-order valence-corrected chi connectivity index (χ0v) is 20.2. The number of halogens is 2. The standard InChI is InChI=1S/C25H33Cl2N3O/c1-17(2)14-23(28)22-16-21(27)8-9-24(22)29-10-12-30(13-11-29)25(31)18(3)15-19-4-6-20(26)7-5-19/h4-9,16-18,23H,10-15,28H2,1-3H3/t18-,23+/m1/s1. The van der Waals surface area contributed by atoms with Crippen LogP contribution in [0.15, 0.2) is 42.5 Å². The average Bonchev–Trinajstić information content (AvgIpc) is 2.74. The molecule has 2 aromatic rings. The minimum atomic E-state index is -0.0571. The summed E-state index contributed by atoms with van der Waals surface area (Å²) in [6.07, 6.45) is 1.63. The molecule has 0 aromatic heterocycles. The maximum absolute atomic E-state index is 13.0. The van der Waals surface area contributed by atoms with Gasteiger partial charge in [-0.3, -0.25) is 4.79 Å². The van der Waals surface area contributed by atoms with E-state index >= 15 is 0 Å². The SMILES string of the molecule is CC(C)C[C@H](N)c1cc(Cl)ccc1N1CCN(C(=O)[C@H](C)Cc2ccc(Cl)cc2)CC1. The molecule has 0 spiro atoms. The van der Waals surface area contributed by atoms with Crippen LogP contribution in [0.1, 0.15) is 44.4 Å². The minimum Gasteiger partial charge on any atom is -0.368 e. The summed E-state index contributed by atoms with van der Waals surface area (Å²) in [6.45, 7) is 9.38. The van der Waals surface area contributed by atoms with Crippen LogP contribution in [0.3, 0.4) is 0 Å². The van der Waals surface area contributed by atoms with E-state index in [1.54, 1.807) is 0 Å². The minimum absolute atomic E-state index is 0.0484. The Morgan fingerprint density at radius 2 is 1.58 bits per heavy atom. The normalized spacial score (nSPS) is 16.5. The molecule has 1 amide bonds. The van der Waals surface area contributed by atoms with E-state index in [9.17, 15) is 4.79 Å². The zero-order valence-electron chi connectivity index (χ0n) is 18.7. The Labute approximate surface area is 196 Å². The fourth-order valence-corrected chi connectivity index (χ4v) is 4.59. The molecule has 0 unspecified atom stereocenters. The first-order valence-corrected chi connectivity index (χ1v) is 11.8. The molecule has 1 heterocycles. The summed E-state index contributed by atoms with van der Waals surface area (Å²) >= 11 is 12.2. The molecule has 0 radical (unpaired) electrons. The molecule has 1 saturated heterocycles. The average molecular weight is 462 g/mol. The molecule has 31 heavy (non-hydrogen) atoms. The molecule has 2 atom stereocenters. The van der Waals surface area contributed by atoms with Crippen molar-refractivity contribution in [2.45, 2.75) is 39.7 Å². The lowest BCUT2D eigenvalue weighted by molar-refractivity contribution is -0.135. The number of hydrogen-bond acceptors (Lipinski definition) is 3. The predicted octanol–water partition coefficient (Wildman–Crippen LogP) is 5.57. The molecule has 0 bridgehead atoms. The Morgan fingerprint density at radius 1 is 0.968 bits per heavy atom. The van der Waals surface area contributed by atoms with Crippen molar-refractivity contribution in [1.29, 1.82) is 0 Å². The molecule has 3 rings (SSSR count).